The van der Waals surface area contributed by atoms with Crippen molar-refractivity contribution in [1.29, 1.82) is 0 Å². The minimum Gasteiger partial charge on any atom is -0.305 e. The normalized spacial score (nSPS) is 12.8. The number of rotatable bonds is 6. The summed E-state index contributed by atoms with van der Waals surface area (Å²) < 4.78 is 0. The van der Waals surface area contributed by atoms with Crippen LogP contribution < -0.4 is 5.32 Å². The summed E-state index contributed by atoms with van der Waals surface area (Å²) in [5.74, 6) is 0. The number of hydrogen-bond donors (Lipinski definition) is 1. The SMILES string of the molecule is CCCNC(c1ccc(CC)s1)c1scc(C)c1Cl. The molecule has 0 amide bonds. The van der Waals surface area contributed by atoms with E-state index in [2.05, 4.69) is 43.6 Å². The minimum absolute atomic E-state index is 0.247. The fourth-order valence-corrected chi connectivity index (χ4v) is 4.50. The molecule has 0 fully saturated rings. The van der Waals surface area contributed by atoms with E-state index in [1.807, 2.05) is 11.3 Å². The van der Waals surface area contributed by atoms with Crippen LogP contribution >= 0.6 is 34.3 Å². The molecule has 0 spiro atoms. The van der Waals surface area contributed by atoms with E-state index in [-0.39, 0.29) is 6.04 Å². The number of aryl methyl sites for hydroxylation is 2. The van der Waals surface area contributed by atoms with Crippen molar-refractivity contribution in [2.24, 2.45) is 0 Å². The van der Waals surface area contributed by atoms with E-state index in [9.17, 15) is 0 Å². The van der Waals surface area contributed by atoms with Crippen LogP contribution in [0.1, 0.15) is 46.5 Å². The maximum atomic E-state index is 6.45. The summed E-state index contributed by atoms with van der Waals surface area (Å²) in [6.45, 7) is 7.48. The molecule has 1 nitrogen and oxygen atoms in total. The van der Waals surface area contributed by atoms with Gasteiger partial charge in [-0.05, 0) is 49.4 Å². The Morgan fingerprint density at radius 1 is 1.32 bits per heavy atom. The third kappa shape index (κ3) is 3.40. The highest BCUT2D eigenvalue weighted by Gasteiger charge is 2.20. The van der Waals surface area contributed by atoms with Crippen LogP contribution in [0, 0.1) is 6.92 Å². The second-order valence-electron chi connectivity index (χ2n) is 4.64. The second-order valence-corrected chi connectivity index (χ2v) is 7.13. The molecule has 0 bridgehead atoms. The summed E-state index contributed by atoms with van der Waals surface area (Å²) in [4.78, 5) is 4.05. The lowest BCUT2D eigenvalue weighted by molar-refractivity contribution is 0.613. The summed E-state index contributed by atoms with van der Waals surface area (Å²) in [6, 6.07) is 4.72. The highest BCUT2D eigenvalue weighted by molar-refractivity contribution is 7.13. The van der Waals surface area contributed by atoms with Gasteiger partial charge in [-0.25, -0.2) is 0 Å². The Labute approximate surface area is 128 Å². The van der Waals surface area contributed by atoms with Gasteiger partial charge in [0.25, 0.3) is 0 Å². The van der Waals surface area contributed by atoms with Crippen LogP contribution in [0.15, 0.2) is 17.5 Å². The van der Waals surface area contributed by atoms with E-state index >= 15 is 0 Å². The lowest BCUT2D eigenvalue weighted by Crippen LogP contribution is -2.21. The van der Waals surface area contributed by atoms with Gasteiger partial charge in [0, 0.05) is 14.6 Å². The molecule has 2 rings (SSSR count). The number of thiophene rings is 2. The third-order valence-electron chi connectivity index (χ3n) is 3.10. The topological polar surface area (TPSA) is 12.0 Å². The Kier molecular flexibility index (Phi) is 5.46. The fourth-order valence-electron chi connectivity index (χ4n) is 2.00. The molecule has 2 aromatic rings. The fraction of sp³-hybridized carbons (Fsp3) is 0.467. The van der Waals surface area contributed by atoms with Crippen molar-refractivity contribution in [3.05, 3.63) is 42.7 Å². The van der Waals surface area contributed by atoms with Gasteiger partial charge in [0.05, 0.1) is 11.1 Å². The van der Waals surface area contributed by atoms with Gasteiger partial charge >= 0.3 is 0 Å². The van der Waals surface area contributed by atoms with Gasteiger partial charge in [-0.15, -0.1) is 22.7 Å². The van der Waals surface area contributed by atoms with Crippen LogP contribution in [0.4, 0.5) is 0 Å². The Balaban J connectivity index is 2.32. The monoisotopic (exact) mass is 313 g/mol. The van der Waals surface area contributed by atoms with Crippen LogP contribution in [0.3, 0.4) is 0 Å². The molecule has 1 unspecified atom stereocenters. The second kappa shape index (κ2) is 6.89. The molecule has 0 aromatic carbocycles. The largest absolute Gasteiger partial charge is 0.305 e. The number of nitrogens with one attached hydrogen (secondary N) is 1. The van der Waals surface area contributed by atoms with Gasteiger partial charge in [-0.2, -0.15) is 0 Å². The van der Waals surface area contributed by atoms with Crippen molar-refractivity contribution in [1.82, 2.24) is 5.32 Å². The van der Waals surface area contributed by atoms with Crippen molar-refractivity contribution >= 4 is 34.3 Å². The summed E-state index contributed by atoms with van der Waals surface area (Å²) in [5, 5.41) is 6.70. The predicted octanol–water partition coefficient (Wildman–Crippen LogP) is 5.42. The van der Waals surface area contributed by atoms with Crippen molar-refractivity contribution in [2.75, 3.05) is 6.54 Å². The lowest BCUT2D eigenvalue weighted by atomic mass is 10.1. The molecule has 0 radical (unpaired) electrons. The first kappa shape index (κ1) is 15.0. The molecule has 4 heteroatoms. The van der Waals surface area contributed by atoms with Crippen LogP contribution in [0.25, 0.3) is 0 Å². The molecule has 0 saturated carbocycles. The Morgan fingerprint density at radius 3 is 2.63 bits per heavy atom. The first-order chi connectivity index (χ1) is 9.17. The van der Waals surface area contributed by atoms with E-state index in [0.717, 1.165) is 24.4 Å². The molecule has 1 atom stereocenters. The summed E-state index contributed by atoms with van der Waals surface area (Å²) in [5.41, 5.74) is 1.18. The molecule has 104 valence electrons. The zero-order valence-electron chi connectivity index (χ0n) is 11.6. The summed E-state index contributed by atoms with van der Waals surface area (Å²) in [7, 11) is 0. The van der Waals surface area contributed by atoms with Crippen molar-refractivity contribution in [2.45, 2.75) is 39.7 Å². The molecule has 0 saturated heterocycles. The van der Waals surface area contributed by atoms with Crippen molar-refractivity contribution < 1.29 is 0 Å². The molecule has 0 aliphatic carbocycles. The molecular formula is C15H20ClNS2. The van der Waals surface area contributed by atoms with Crippen LogP contribution in [0.5, 0.6) is 0 Å². The van der Waals surface area contributed by atoms with Gasteiger partial charge in [0.15, 0.2) is 0 Å². The van der Waals surface area contributed by atoms with E-state index in [1.165, 1.54) is 20.2 Å². The molecule has 0 aliphatic rings. The Morgan fingerprint density at radius 2 is 2.11 bits per heavy atom. The van der Waals surface area contributed by atoms with E-state index < -0.39 is 0 Å². The average Bonchev–Trinajstić information content (AvgIpc) is 3.01. The zero-order valence-corrected chi connectivity index (χ0v) is 14.0. The highest BCUT2D eigenvalue weighted by atomic mass is 35.5. The van der Waals surface area contributed by atoms with Crippen molar-refractivity contribution in [3.63, 3.8) is 0 Å². The Bertz CT molecular complexity index is 530. The predicted molar refractivity (Wildman–Crippen MR) is 87.9 cm³/mol. The standard InChI is InChI=1S/C15H20ClNS2/c1-4-8-17-14(12-7-6-11(5-2)19-12)15-13(16)10(3)9-18-15/h6-7,9,14,17H,4-5,8H2,1-3H3. The lowest BCUT2D eigenvalue weighted by Gasteiger charge is -2.16. The van der Waals surface area contributed by atoms with Gasteiger partial charge in [0.1, 0.15) is 0 Å². The Hall–Kier alpha value is -0.350. The van der Waals surface area contributed by atoms with Crippen LogP contribution in [-0.2, 0) is 6.42 Å². The molecule has 0 aliphatic heterocycles. The quantitative estimate of drug-likeness (QED) is 0.750. The maximum absolute atomic E-state index is 6.45. The van der Waals surface area contributed by atoms with Crippen LogP contribution in [0.2, 0.25) is 5.02 Å². The minimum atomic E-state index is 0.247. The highest BCUT2D eigenvalue weighted by Crippen LogP contribution is 2.38. The van der Waals surface area contributed by atoms with E-state index in [1.54, 1.807) is 11.3 Å². The van der Waals surface area contributed by atoms with E-state index in [0.29, 0.717) is 0 Å². The molecule has 2 heterocycles. The smallest absolute Gasteiger partial charge is 0.0780 e. The maximum Gasteiger partial charge on any atom is 0.0780 e. The first-order valence-electron chi connectivity index (χ1n) is 6.72. The van der Waals surface area contributed by atoms with Gasteiger partial charge < -0.3 is 5.32 Å². The summed E-state index contributed by atoms with van der Waals surface area (Å²) in [6.07, 6.45) is 2.23. The molecule has 1 N–H and O–H groups in total. The van der Waals surface area contributed by atoms with Gasteiger partial charge in [-0.1, -0.05) is 25.4 Å². The summed E-state index contributed by atoms with van der Waals surface area (Å²) >= 11 is 10.1. The number of hydrogen-bond acceptors (Lipinski definition) is 3. The van der Waals surface area contributed by atoms with Gasteiger partial charge in [0.2, 0.25) is 0 Å². The first-order valence-corrected chi connectivity index (χ1v) is 8.80. The number of halogens is 1. The van der Waals surface area contributed by atoms with Crippen molar-refractivity contribution in [3.8, 4) is 0 Å². The third-order valence-corrected chi connectivity index (χ3v) is 6.17. The molecule has 2 aromatic heterocycles. The zero-order chi connectivity index (χ0) is 13.8. The molecular weight excluding hydrogens is 294 g/mol. The van der Waals surface area contributed by atoms with Gasteiger partial charge in [-0.3, -0.25) is 0 Å². The molecule has 19 heavy (non-hydrogen) atoms. The van der Waals surface area contributed by atoms with E-state index in [4.69, 9.17) is 11.6 Å². The van der Waals surface area contributed by atoms with Crippen LogP contribution in [-0.4, -0.2) is 6.54 Å². The average molecular weight is 314 g/mol.